The first-order valence-corrected chi connectivity index (χ1v) is 10.8. The second-order valence-electron chi connectivity index (χ2n) is 6.72. The van der Waals surface area contributed by atoms with Crippen molar-refractivity contribution < 1.29 is 32.6 Å². The zero-order chi connectivity index (χ0) is 23.3. The molecule has 2 aromatic heterocycles. The van der Waals surface area contributed by atoms with Crippen LogP contribution in [0.15, 0.2) is 36.7 Å². The lowest BCUT2D eigenvalue weighted by Crippen LogP contribution is -2.44. The van der Waals surface area contributed by atoms with Crippen molar-refractivity contribution >= 4 is 25.4 Å². The Kier molecular flexibility index (Phi) is 7.52. The molecule has 4 atom stereocenters. The number of hydrogen-bond donors (Lipinski definition) is 2. The molecule has 0 saturated heterocycles. The number of aliphatic hydroxyl groups is 1. The van der Waals surface area contributed by atoms with Gasteiger partial charge in [-0.05, 0) is 32.9 Å². The molecule has 0 spiro atoms. The van der Waals surface area contributed by atoms with Gasteiger partial charge in [0.25, 0.3) is 5.85 Å². The van der Waals surface area contributed by atoms with Crippen LogP contribution in [-0.2, 0) is 13.8 Å². The lowest BCUT2D eigenvalue weighted by Gasteiger charge is -2.29. The van der Waals surface area contributed by atoms with Crippen LogP contribution in [-0.4, -0.2) is 49.8 Å². The average Bonchev–Trinajstić information content (AvgIpc) is 3.17. The van der Waals surface area contributed by atoms with Crippen LogP contribution in [0, 0.1) is 0 Å². The summed E-state index contributed by atoms with van der Waals surface area (Å²) in [6, 6.07) is 8.26. The summed E-state index contributed by atoms with van der Waals surface area (Å²) < 4.78 is 49.8. The maximum Gasteiger partial charge on any atom is 0.750 e. The molecule has 3 aromatic rings. The third-order valence-corrected chi connectivity index (χ3v) is 5.06. The molecule has 32 heavy (non-hydrogen) atoms. The highest BCUT2D eigenvalue weighted by molar-refractivity contribution is 7.33. The Balaban J connectivity index is 1.74. The van der Waals surface area contributed by atoms with E-state index < -0.39 is 33.0 Å². The largest absolute Gasteiger partial charge is 0.750 e. The zero-order valence-electron chi connectivity index (χ0n) is 17.7. The number of fused-ring (bicyclic) bond motifs is 1. The number of para-hydroxylation sites is 1. The van der Waals surface area contributed by atoms with Crippen LogP contribution in [0.3, 0.4) is 0 Å². The first-order chi connectivity index (χ1) is 15.2. The van der Waals surface area contributed by atoms with Gasteiger partial charge in [-0.1, -0.05) is 18.2 Å². The van der Waals surface area contributed by atoms with Gasteiger partial charge >= 0.3 is 8.25 Å². The highest BCUT2D eigenvalue weighted by Crippen LogP contribution is 2.34. The lowest BCUT2D eigenvalue weighted by atomic mass is 10.2. The Morgan fingerprint density at radius 1 is 1.28 bits per heavy atom. The molecule has 0 aliphatic carbocycles. The second kappa shape index (κ2) is 10.1. The van der Waals surface area contributed by atoms with E-state index >= 15 is 4.39 Å². The molecule has 0 saturated carbocycles. The summed E-state index contributed by atoms with van der Waals surface area (Å²) in [7, 11) is -2.71. The third kappa shape index (κ3) is 5.46. The molecular weight excluding hydrogens is 444 g/mol. The highest BCUT2D eigenvalue weighted by Gasteiger charge is 2.43. The predicted molar refractivity (Wildman–Crippen MR) is 113 cm³/mol. The van der Waals surface area contributed by atoms with Gasteiger partial charge in [-0.25, -0.2) is 13.9 Å². The van der Waals surface area contributed by atoms with E-state index in [4.69, 9.17) is 24.3 Å². The minimum atomic E-state index is -2.72. The van der Waals surface area contributed by atoms with Crippen molar-refractivity contribution in [2.24, 2.45) is 0 Å². The van der Waals surface area contributed by atoms with E-state index in [1.54, 1.807) is 37.3 Å². The van der Waals surface area contributed by atoms with Crippen LogP contribution in [0.25, 0.3) is 11.2 Å². The summed E-state index contributed by atoms with van der Waals surface area (Å²) in [6.07, 6.45) is -1.28. The van der Waals surface area contributed by atoms with Gasteiger partial charge in [-0.2, -0.15) is 9.97 Å². The average molecular weight is 468 g/mol. The van der Waals surface area contributed by atoms with Crippen LogP contribution < -0.4 is 15.0 Å². The smallest absolute Gasteiger partial charge is 0.476 e. The molecule has 0 fully saturated rings. The van der Waals surface area contributed by atoms with Crippen molar-refractivity contribution in [1.82, 2.24) is 19.5 Å². The van der Waals surface area contributed by atoms with Gasteiger partial charge in [0, 0.05) is 4.57 Å². The van der Waals surface area contributed by atoms with Crippen molar-refractivity contribution in [3.8, 4) is 11.6 Å². The standard InChI is InChI=1S/C19H24FN5O6P/c1-4-28-17-15-16(23-18(21)24-17)25(11-22-15)13(3)30-19(20,12(2)26)10-29-32(27)31-14-8-6-5-7-9-14/h5-9,11-13,26H,4,10H2,1-3H3,(H2,21,23,24)/q+1/t12-,13+,19+/m0/s1. The Labute approximate surface area is 184 Å². The van der Waals surface area contributed by atoms with Gasteiger partial charge in [-0.3, -0.25) is 4.57 Å². The van der Waals surface area contributed by atoms with E-state index in [1.807, 2.05) is 0 Å². The molecular formula is C19H24FN5O6P+. The summed E-state index contributed by atoms with van der Waals surface area (Å²) in [6.45, 7) is 3.95. The normalized spacial score (nSPS) is 15.7. The molecule has 1 aromatic carbocycles. The van der Waals surface area contributed by atoms with Gasteiger partial charge < -0.3 is 20.3 Å². The second-order valence-corrected chi connectivity index (χ2v) is 7.61. The summed E-state index contributed by atoms with van der Waals surface area (Å²) in [5.74, 6) is -2.31. The molecule has 2 heterocycles. The van der Waals surface area contributed by atoms with Crippen molar-refractivity contribution in [2.75, 3.05) is 18.9 Å². The van der Waals surface area contributed by atoms with E-state index in [9.17, 15) is 9.67 Å². The van der Waals surface area contributed by atoms with E-state index in [0.29, 0.717) is 12.1 Å². The molecule has 0 radical (unpaired) electrons. The van der Waals surface area contributed by atoms with Gasteiger partial charge in [0.1, 0.15) is 12.3 Å². The molecule has 11 nitrogen and oxygen atoms in total. The van der Waals surface area contributed by atoms with Crippen molar-refractivity contribution in [3.05, 3.63) is 36.7 Å². The molecule has 0 aliphatic rings. The number of nitrogens with zero attached hydrogens (tertiary/aromatic N) is 4. The number of nitrogen functional groups attached to an aromatic ring is 1. The molecule has 3 N–H and O–H groups in total. The quantitative estimate of drug-likeness (QED) is 0.403. The summed E-state index contributed by atoms with van der Waals surface area (Å²) in [5.41, 5.74) is 6.30. The van der Waals surface area contributed by atoms with Gasteiger partial charge in [0.05, 0.1) is 12.9 Å². The van der Waals surface area contributed by atoms with Crippen LogP contribution >= 0.6 is 8.25 Å². The van der Waals surface area contributed by atoms with Gasteiger partial charge in [-0.15, -0.1) is 4.52 Å². The van der Waals surface area contributed by atoms with Gasteiger partial charge in [0.15, 0.2) is 23.5 Å². The number of benzene rings is 1. The number of nitrogens with two attached hydrogens (primary N) is 1. The first-order valence-electron chi connectivity index (χ1n) is 9.74. The molecule has 0 amide bonds. The number of aliphatic hydroxyl groups excluding tert-OH is 1. The molecule has 3 rings (SSSR count). The number of aromatic nitrogens is 4. The first kappa shape index (κ1) is 23.7. The Morgan fingerprint density at radius 3 is 2.66 bits per heavy atom. The van der Waals surface area contributed by atoms with Crippen LogP contribution in [0.4, 0.5) is 10.3 Å². The number of ether oxygens (including phenoxy) is 2. The fraction of sp³-hybridized carbons (Fsp3) is 0.421. The summed E-state index contributed by atoms with van der Waals surface area (Å²) in [5, 5.41) is 9.99. The SMILES string of the molecule is CCOc1nc(N)nc2c1ncn2[C@@H](C)O[C@](F)(CO[P+](=O)Oc1ccccc1)[C@H](C)O. The Morgan fingerprint density at radius 2 is 2.00 bits per heavy atom. The highest BCUT2D eigenvalue weighted by atomic mass is 31.1. The van der Waals surface area contributed by atoms with E-state index in [0.717, 1.165) is 0 Å². The van der Waals surface area contributed by atoms with Crippen molar-refractivity contribution in [1.29, 1.82) is 0 Å². The molecule has 0 bridgehead atoms. The van der Waals surface area contributed by atoms with E-state index in [-0.39, 0.29) is 23.2 Å². The Bertz CT molecular complexity index is 1070. The van der Waals surface area contributed by atoms with Crippen LogP contribution in [0.2, 0.25) is 0 Å². The monoisotopic (exact) mass is 468 g/mol. The Hall–Kier alpha value is -2.92. The number of imidazole rings is 1. The lowest BCUT2D eigenvalue weighted by molar-refractivity contribution is -0.252. The van der Waals surface area contributed by atoms with E-state index in [2.05, 4.69) is 15.0 Å². The zero-order valence-corrected chi connectivity index (χ0v) is 18.6. The minimum Gasteiger partial charge on any atom is -0.476 e. The maximum atomic E-state index is 15.4. The predicted octanol–water partition coefficient (Wildman–Crippen LogP) is 3.14. The van der Waals surface area contributed by atoms with Crippen molar-refractivity contribution in [2.45, 2.75) is 39.0 Å². The number of anilines is 1. The fourth-order valence-corrected chi connectivity index (χ4v) is 3.37. The number of hydrogen-bond acceptors (Lipinski definition) is 10. The van der Waals surface area contributed by atoms with E-state index in [1.165, 1.54) is 24.7 Å². The molecule has 0 aliphatic heterocycles. The number of halogens is 1. The number of alkyl halides is 1. The topological polar surface area (TPSA) is 144 Å². The fourth-order valence-electron chi connectivity index (χ4n) is 2.74. The summed E-state index contributed by atoms with van der Waals surface area (Å²) in [4.78, 5) is 12.3. The van der Waals surface area contributed by atoms with Gasteiger partial charge in [0.2, 0.25) is 11.8 Å². The maximum absolute atomic E-state index is 15.4. The van der Waals surface area contributed by atoms with Crippen LogP contribution in [0.1, 0.15) is 27.0 Å². The third-order valence-electron chi connectivity index (χ3n) is 4.36. The minimum absolute atomic E-state index is 0.0599. The van der Waals surface area contributed by atoms with Crippen molar-refractivity contribution in [3.63, 3.8) is 0 Å². The molecule has 1 unspecified atom stereocenters. The molecule has 13 heteroatoms. The number of rotatable bonds is 11. The molecule has 172 valence electrons. The summed E-state index contributed by atoms with van der Waals surface area (Å²) >= 11 is 0. The van der Waals surface area contributed by atoms with Crippen LogP contribution in [0.5, 0.6) is 11.6 Å².